The number of aromatic hydroxyl groups is 1. The van der Waals surface area contributed by atoms with E-state index in [1.807, 2.05) is 6.92 Å². The molecule has 0 aliphatic carbocycles. The van der Waals surface area contributed by atoms with Gasteiger partial charge in [-0.25, -0.2) is 4.79 Å². The molecule has 0 unspecified atom stereocenters. The molecule has 8 nitrogen and oxygen atoms in total. The second-order valence-electron chi connectivity index (χ2n) is 6.75. The third kappa shape index (κ3) is 4.97. The van der Waals surface area contributed by atoms with E-state index >= 15 is 0 Å². The molecule has 0 aromatic heterocycles. The lowest BCUT2D eigenvalue weighted by Crippen LogP contribution is -2.53. The normalized spacial score (nSPS) is 15.3. The van der Waals surface area contributed by atoms with Gasteiger partial charge in [-0.15, -0.1) is 0 Å². The van der Waals surface area contributed by atoms with Crippen molar-refractivity contribution in [1.82, 2.24) is 10.2 Å². The SMILES string of the molecule is CCCOc1ccc(CN2C(=O)NC(=O)/C(=C\c3cc(Cl)ccc3O)C2=O)cc1OC. The second-order valence-corrected chi connectivity index (χ2v) is 7.18. The molecule has 2 aromatic carbocycles. The molecule has 1 saturated heterocycles. The van der Waals surface area contributed by atoms with Crippen LogP contribution in [0.15, 0.2) is 42.0 Å². The minimum Gasteiger partial charge on any atom is -0.507 e. The number of rotatable bonds is 7. The van der Waals surface area contributed by atoms with Crippen molar-refractivity contribution in [3.8, 4) is 17.2 Å². The minimum absolute atomic E-state index is 0.0960. The number of halogens is 1. The maximum absolute atomic E-state index is 12.9. The quantitative estimate of drug-likeness (QED) is 0.500. The number of phenols is 1. The van der Waals surface area contributed by atoms with Crippen LogP contribution < -0.4 is 14.8 Å². The predicted molar refractivity (Wildman–Crippen MR) is 114 cm³/mol. The Balaban J connectivity index is 1.88. The number of hydrogen-bond donors (Lipinski definition) is 2. The summed E-state index contributed by atoms with van der Waals surface area (Å²) in [4.78, 5) is 38.4. The van der Waals surface area contributed by atoms with Gasteiger partial charge < -0.3 is 14.6 Å². The van der Waals surface area contributed by atoms with E-state index in [9.17, 15) is 19.5 Å². The lowest BCUT2D eigenvalue weighted by atomic mass is 10.1. The highest BCUT2D eigenvalue weighted by molar-refractivity contribution is 6.32. The Morgan fingerprint density at radius 2 is 1.90 bits per heavy atom. The van der Waals surface area contributed by atoms with E-state index in [1.165, 1.54) is 31.4 Å². The molecule has 0 saturated carbocycles. The summed E-state index contributed by atoms with van der Waals surface area (Å²) in [6.07, 6.45) is 2.03. The van der Waals surface area contributed by atoms with E-state index in [-0.39, 0.29) is 23.4 Å². The number of urea groups is 1. The minimum atomic E-state index is -0.855. The lowest BCUT2D eigenvalue weighted by Gasteiger charge is -2.26. The number of methoxy groups -OCH3 is 1. The second kappa shape index (κ2) is 9.53. The lowest BCUT2D eigenvalue weighted by molar-refractivity contribution is -0.130. The van der Waals surface area contributed by atoms with Gasteiger partial charge in [-0.3, -0.25) is 19.8 Å². The Labute approximate surface area is 184 Å². The summed E-state index contributed by atoms with van der Waals surface area (Å²) in [6.45, 7) is 2.41. The highest BCUT2D eigenvalue weighted by atomic mass is 35.5. The van der Waals surface area contributed by atoms with Gasteiger partial charge in [0, 0.05) is 10.6 Å². The van der Waals surface area contributed by atoms with Gasteiger partial charge in [-0.05, 0) is 48.4 Å². The molecule has 1 aliphatic rings. The van der Waals surface area contributed by atoms with Crippen molar-refractivity contribution in [3.05, 3.63) is 58.1 Å². The summed E-state index contributed by atoms with van der Waals surface area (Å²) in [5, 5.41) is 12.4. The van der Waals surface area contributed by atoms with Gasteiger partial charge in [0.15, 0.2) is 11.5 Å². The smallest absolute Gasteiger partial charge is 0.331 e. The number of barbiturate groups is 1. The first-order valence-corrected chi connectivity index (χ1v) is 9.89. The molecule has 0 bridgehead atoms. The first-order valence-electron chi connectivity index (χ1n) is 9.51. The summed E-state index contributed by atoms with van der Waals surface area (Å²) in [7, 11) is 1.49. The number of nitrogens with zero attached hydrogens (tertiary/aromatic N) is 1. The van der Waals surface area contributed by atoms with Crippen molar-refractivity contribution >= 4 is 35.5 Å². The first-order chi connectivity index (χ1) is 14.8. The number of benzene rings is 2. The molecule has 1 fully saturated rings. The van der Waals surface area contributed by atoms with Crippen molar-refractivity contribution in [3.63, 3.8) is 0 Å². The van der Waals surface area contributed by atoms with Gasteiger partial charge in [-0.2, -0.15) is 0 Å². The van der Waals surface area contributed by atoms with Crippen LogP contribution in [0.3, 0.4) is 0 Å². The maximum Gasteiger partial charge on any atom is 0.331 e. The highest BCUT2D eigenvalue weighted by Crippen LogP contribution is 2.30. The third-order valence-corrected chi connectivity index (χ3v) is 4.74. The van der Waals surface area contributed by atoms with Crippen LogP contribution in [0.1, 0.15) is 24.5 Å². The summed E-state index contributed by atoms with van der Waals surface area (Å²) < 4.78 is 10.9. The molecule has 0 spiro atoms. The molecule has 3 rings (SSSR count). The van der Waals surface area contributed by atoms with E-state index in [2.05, 4.69) is 5.32 Å². The molecule has 1 aliphatic heterocycles. The van der Waals surface area contributed by atoms with Crippen LogP contribution in [0.4, 0.5) is 4.79 Å². The number of imide groups is 2. The molecule has 162 valence electrons. The molecule has 31 heavy (non-hydrogen) atoms. The van der Waals surface area contributed by atoms with Crippen molar-refractivity contribution in [2.75, 3.05) is 13.7 Å². The van der Waals surface area contributed by atoms with Crippen LogP contribution in [0.25, 0.3) is 6.08 Å². The summed E-state index contributed by atoms with van der Waals surface area (Å²) in [5.74, 6) is -0.792. The zero-order valence-electron chi connectivity index (χ0n) is 17.0. The fraction of sp³-hybridized carbons (Fsp3) is 0.227. The standard InChI is InChI=1S/C22H21ClN2O6/c1-3-8-31-18-7-4-13(9-19(18)30-2)12-25-21(28)16(20(27)24-22(25)29)11-14-10-15(23)5-6-17(14)26/h4-7,9-11,26H,3,8,12H2,1-2H3,(H,24,27,29)/b16-11+. The monoisotopic (exact) mass is 444 g/mol. The largest absolute Gasteiger partial charge is 0.507 e. The topological polar surface area (TPSA) is 105 Å². The molecule has 0 radical (unpaired) electrons. The molecule has 9 heteroatoms. The van der Waals surface area contributed by atoms with Crippen molar-refractivity contribution in [2.24, 2.45) is 0 Å². The third-order valence-electron chi connectivity index (χ3n) is 4.51. The molecular formula is C22H21ClN2O6. The highest BCUT2D eigenvalue weighted by Gasteiger charge is 2.36. The van der Waals surface area contributed by atoms with E-state index in [0.29, 0.717) is 28.7 Å². The van der Waals surface area contributed by atoms with Crippen LogP contribution >= 0.6 is 11.6 Å². The Morgan fingerprint density at radius 1 is 1.13 bits per heavy atom. The van der Waals surface area contributed by atoms with Gasteiger partial charge in [-0.1, -0.05) is 24.6 Å². The van der Waals surface area contributed by atoms with E-state index in [4.69, 9.17) is 21.1 Å². The Kier molecular flexibility index (Phi) is 6.81. The predicted octanol–water partition coefficient (Wildman–Crippen LogP) is 3.51. The Bertz CT molecular complexity index is 1070. The van der Waals surface area contributed by atoms with Crippen molar-refractivity contribution in [2.45, 2.75) is 19.9 Å². The van der Waals surface area contributed by atoms with Gasteiger partial charge >= 0.3 is 6.03 Å². The fourth-order valence-corrected chi connectivity index (χ4v) is 3.14. The van der Waals surface area contributed by atoms with Gasteiger partial charge in [0.05, 0.1) is 20.3 Å². The average molecular weight is 445 g/mol. The van der Waals surface area contributed by atoms with E-state index in [0.717, 1.165) is 11.3 Å². The van der Waals surface area contributed by atoms with Gasteiger partial charge in [0.2, 0.25) is 0 Å². The van der Waals surface area contributed by atoms with Crippen molar-refractivity contribution < 1.29 is 29.0 Å². The van der Waals surface area contributed by atoms with Crippen molar-refractivity contribution in [1.29, 1.82) is 0 Å². The number of hydrogen-bond acceptors (Lipinski definition) is 6. The van der Waals surface area contributed by atoms with Crippen LogP contribution in [0, 0.1) is 0 Å². The van der Waals surface area contributed by atoms with E-state index in [1.54, 1.807) is 18.2 Å². The number of nitrogens with one attached hydrogen (secondary N) is 1. The molecule has 2 aromatic rings. The zero-order chi connectivity index (χ0) is 22.5. The van der Waals surface area contributed by atoms with Crippen LogP contribution in [0.5, 0.6) is 17.2 Å². The number of amides is 4. The number of carbonyl (C=O) groups is 3. The number of carbonyl (C=O) groups excluding carboxylic acids is 3. The molecule has 1 heterocycles. The number of phenolic OH excluding ortho intramolecular Hbond substituents is 1. The van der Waals surface area contributed by atoms with Gasteiger partial charge in [0.25, 0.3) is 11.8 Å². The molecule has 0 atom stereocenters. The first kappa shape index (κ1) is 22.2. The summed E-state index contributed by atoms with van der Waals surface area (Å²) in [6, 6.07) is 8.45. The number of ether oxygens (including phenoxy) is 2. The molecule has 4 amide bonds. The Morgan fingerprint density at radius 3 is 2.61 bits per heavy atom. The average Bonchev–Trinajstić information content (AvgIpc) is 2.75. The molecular weight excluding hydrogens is 424 g/mol. The maximum atomic E-state index is 12.9. The van der Waals surface area contributed by atoms with Gasteiger partial charge in [0.1, 0.15) is 11.3 Å². The summed E-state index contributed by atoms with van der Waals surface area (Å²) >= 11 is 5.93. The van der Waals surface area contributed by atoms with E-state index < -0.39 is 17.8 Å². The molecule has 2 N–H and O–H groups in total. The fourth-order valence-electron chi connectivity index (χ4n) is 2.96. The van der Waals surface area contributed by atoms with Crippen LogP contribution in [-0.4, -0.2) is 41.6 Å². The van der Waals surface area contributed by atoms with Crippen LogP contribution in [0.2, 0.25) is 5.02 Å². The van der Waals surface area contributed by atoms with Crippen LogP contribution in [-0.2, 0) is 16.1 Å². The Hall–Kier alpha value is -3.52. The zero-order valence-corrected chi connectivity index (χ0v) is 17.7. The summed E-state index contributed by atoms with van der Waals surface area (Å²) in [5.41, 5.74) is 0.481.